The van der Waals surface area contributed by atoms with E-state index in [0.717, 1.165) is 12.4 Å². The van der Waals surface area contributed by atoms with Gasteiger partial charge in [0, 0.05) is 25.9 Å². The summed E-state index contributed by atoms with van der Waals surface area (Å²) in [6.45, 7) is 0. The van der Waals surface area contributed by atoms with Gasteiger partial charge < -0.3 is 5.11 Å². The smallest absolute Gasteiger partial charge is 0.362 e. The molecule has 2 heterocycles. The van der Waals surface area contributed by atoms with Crippen LogP contribution < -0.4 is 0 Å². The molecule has 0 bridgehead atoms. The Labute approximate surface area is 99.3 Å². The van der Waals surface area contributed by atoms with Crippen molar-refractivity contribution in [3.63, 3.8) is 0 Å². The van der Waals surface area contributed by atoms with Crippen LogP contribution in [0.15, 0.2) is 17.5 Å². The topological polar surface area (TPSA) is 70.7 Å². The molecule has 6 nitrogen and oxygen atoms in total. The lowest BCUT2D eigenvalue weighted by atomic mass is 10.1. The molecule has 98 valence electrons. The summed E-state index contributed by atoms with van der Waals surface area (Å²) < 4.78 is 39.5. The first-order valence-electron chi connectivity index (χ1n) is 4.90. The molecule has 1 N–H and O–H groups in total. The lowest BCUT2D eigenvalue weighted by molar-refractivity contribution is -0.297. The van der Waals surface area contributed by atoms with Crippen LogP contribution >= 0.6 is 0 Å². The summed E-state index contributed by atoms with van der Waals surface area (Å²) in [5.41, 5.74) is -3.38. The molecular formula is C9H9F3N4O2. The number of halogens is 3. The molecule has 1 aromatic rings. The summed E-state index contributed by atoms with van der Waals surface area (Å²) >= 11 is 0. The lowest BCUT2D eigenvalue weighted by Crippen LogP contribution is -2.56. The Morgan fingerprint density at radius 2 is 2.22 bits per heavy atom. The third kappa shape index (κ3) is 1.76. The van der Waals surface area contributed by atoms with Gasteiger partial charge in [-0.1, -0.05) is 0 Å². The van der Waals surface area contributed by atoms with E-state index in [-0.39, 0.29) is 10.6 Å². The van der Waals surface area contributed by atoms with E-state index < -0.39 is 24.2 Å². The van der Waals surface area contributed by atoms with Gasteiger partial charge in [0.15, 0.2) is 0 Å². The molecule has 0 spiro atoms. The molecule has 1 aromatic heterocycles. The Kier molecular flexibility index (Phi) is 2.65. The summed E-state index contributed by atoms with van der Waals surface area (Å²) in [5.74, 6) is -1.06. The Morgan fingerprint density at radius 1 is 1.56 bits per heavy atom. The number of rotatable bonds is 1. The molecule has 1 aliphatic rings. The Balaban J connectivity index is 2.33. The van der Waals surface area contributed by atoms with Crippen molar-refractivity contribution in [1.82, 2.24) is 14.8 Å². The number of nitrogens with zero attached hydrogens (tertiary/aromatic N) is 4. The van der Waals surface area contributed by atoms with E-state index in [1.807, 2.05) is 0 Å². The molecule has 1 aliphatic heterocycles. The van der Waals surface area contributed by atoms with E-state index in [1.165, 1.54) is 17.9 Å². The second-order valence-electron chi connectivity index (χ2n) is 3.84. The number of aliphatic hydroxyl groups is 1. The second kappa shape index (κ2) is 3.80. The molecule has 0 fully saturated rings. The van der Waals surface area contributed by atoms with E-state index >= 15 is 0 Å². The van der Waals surface area contributed by atoms with Gasteiger partial charge in [-0.2, -0.15) is 28.4 Å². The van der Waals surface area contributed by atoms with Gasteiger partial charge in [-0.15, -0.1) is 0 Å². The van der Waals surface area contributed by atoms with Crippen molar-refractivity contribution < 1.29 is 23.1 Å². The van der Waals surface area contributed by atoms with Crippen LogP contribution in [0.4, 0.5) is 13.2 Å². The van der Waals surface area contributed by atoms with Crippen LogP contribution in [0.2, 0.25) is 0 Å². The van der Waals surface area contributed by atoms with Crippen molar-refractivity contribution in [3.8, 4) is 0 Å². The van der Waals surface area contributed by atoms with Gasteiger partial charge in [-0.05, 0) is 0 Å². The number of hydrogen-bond acceptors (Lipinski definition) is 4. The van der Waals surface area contributed by atoms with Crippen molar-refractivity contribution in [2.45, 2.75) is 18.3 Å². The minimum atomic E-state index is -4.98. The minimum absolute atomic E-state index is 0.0318. The van der Waals surface area contributed by atoms with Crippen molar-refractivity contribution >= 4 is 12.1 Å². The Hall–Kier alpha value is -1.90. The zero-order chi connectivity index (χ0) is 13.6. The number of carbonyl (C=O) groups excluding carboxylic acids is 1. The van der Waals surface area contributed by atoms with Gasteiger partial charge in [0.25, 0.3) is 11.6 Å². The minimum Gasteiger partial charge on any atom is -0.362 e. The molecule has 0 saturated carbocycles. The summed E-state index contributed by atoms with van der Waals surface area (Å²) in [7, 11) is 1.51. The predicted molar refractivity (Wildman–Crippen MR) is 53.5 cm³/mol. The van der Waals surface area contributed by atoms with Gasteiger partial charge in [-0.3, -0.25) is 9.48 Å². The summed E-state index contributed by atoms with van der Waals surface area (Å²) in [4.78, 5) is 11.8. The first kappa shape index (κ1) is 12.6. The van der Waals surface area contributed by atoms with Crippen LogP contribution in [0.3, 0.4) is 0 Å². The third-order valence-electron chi connectivity index (χ3n) is 2.52. The van der Waals surface area contributed by atoms with E-state index in [4.69, 9.17) is 0 Å². The van der Waals surface area contributed by atoms with E-state index in [0.29, 0.717) is 0 Å². The molecule has 1 amide bonds. The zero-order valence-corrected chi connectivity index (χ0v) is 9.22. The van der Waals surface area contributed by atoms with Gasteiger partial charge in [0.05, 0.1) is 11.8 Å². The first-order chi connectivity index (χ1) is 8.25. The maximum absolute atomic E-state index is 12.7. The molecule has 1 unspecified atom stereocenters. The largest absolute Gasteiger partial charge is 0.438 e. The van der Waals surface area contributed by atoms with E-state index in [1.54, 1.807) is 0 Å². The predicted octanol–water partition coefficient (Wildman–Crippen LogP) is 0.503. The highest BCUT2D eigenvalue weighted by Crippen LogP contribution is 2.39. The second-order valence-corrected chi connectivity index (χ2v) is 3.84. The number of hydrazone groups is 1. The van der Waals surface area contributed by atoms with Gasteiger partial charge in [0.2, 0.25) is 0 Å². The fraction of sp³-hybridized carbons (Fsp3) is 0.444. The Morgan fingerprint density at radius 3 is 2.72 bits per heavy atom. The molecule has 9 heteroatoms. The van der Waals surface area contributed by atoms with E-state index in [9.17, 15) is 23.1 Å². The normalized spacial score (nSPS) is 23.7. The van der Waals surface area contributed by atoms with Gasteiger partial charge >= 0.3 is 6.18 Å². The van der Waals surface area contributed by atoms with Crippen molar-refractivity contribution in [2.75, 3.05) is 0 Å². The van der Waals surface area contributed by atoms with Crippen molar-refractivity contribution in [2.24, 2.45) is 12.1 Å². The number of aryl methyl sites for hydroxylation is 1. The molecule has 0 radical (unpaired) electrons. The van der Waals surface area contributed by atoms with E-state index in [2.05, 4.69) is 10.2 Å². The van der Waals surface area contributed by atoms with Crippen LogP contribution in [0.25, 0.3) is 0 Å². The Bertz CT molecular complexity index is 510. The standard InChI is InChI=1S/C9H9F3N4O2/c1-15-5-6(4-14-15)7(17)16-8(18,2-3-13-16)9(10,11)12/h3-5,18H,2H2,1H3. The van der Waals surface area contributed by atoms with Crippen LogP contribution in [-0.2, 0) is 7.05 Å². The fourth-order valence-corrected chi connectivity index (χ4v) is 1.54. The highest BCUT2D eigenvalue weighted by atomic mass is 19.4. The third-order valence-corrected chi connectivity index (χ3v) is 2.52. The summed E-state index contributed by atoms with van der Waals surface area (Å²) in [6, 6.07) is 0. The van der Waals surface area contributed by atoms with Crippen LogP contribution in [0.1, 0.15) is 16.8 Å². The maximum Gasteiger partial charge on any atom is 0.438 e. The van der Waals surface area contributed by atoms with Crippen LogP contribution in [0.5, 0.6) is 0 Å². The number of hydrogen-bond donors (Lipinski definition) is 1. The molecule has 1 atom stereocenters. The number of alkyl halides is 3. The number of carbonyl (C=O) groups is 1. The SMILES string of the molecule is Cn1cc(C(=O)N2N=CCC2(O)C(F)(F)F)cn1. The molecule has 0 aliphatic carbocycles. The van der Waals surface area contributed by atoms with Gasteiger partial charge in [-0.25, -0.2) is 0 Å². The number of aromatic nitrogens is 2. The quantitative estimate of drug-likeness (QED) is 0.801. The summed E-state index contributed by atoms with van der Waals surface area (Å²) in [6.07, 6.45) is -2.58. The molecule has 18 heavy (non-hydrogen) atoms. The highest BCUT2D eigenvalue weighted by molar-refractivity contribution is 5.95. The zero-order valence-electron chi connectivity index (χ0n) is 9.22. The van der Waals surface area contributed by atoms with Crippen LogP contribution in [-0.4, -0.2) is 43.9 Å². The molecule has 0 saturated heterocycles. The molecular weight excluding hydrogens is 253 g/mol. The molecule has 2 rings (SSSR count). The molecule has 0 aromatic carbocycles. The monoisotopic (exact) mass is 262 g/mol. The lowest BCUT2D eigenvalue weighted by Gasteiger charge is -2.32. The number of amides is 1. The maximum atomic E-state index is 12.7. The van der Waals surface area contributed by atoms with Crippen molar-refractivity contribution in [1.29, 1.82) is 0 Å². The van der Waals surface area contributed by atoms with Crippen molar-refractivity contribution in [3.05, 3.63) is 18.0 Å². The summed E-state index contributed by atoms with van der Waals surface area (Å²) in [5, 5.41) is 16.6. The fourth-order valence-electron chi connectivity index (χ4n) is 1.54. The average molecular weight is 262 g/mol. The first-order valence-corrected chi connectivity index (χ1v) is 4.90. The highest BCUT2D eigenvalue weighted by Gasteiger charge is 2.61. The van der Waals surface area contributed by atoms with Gasteiger partial charge in [0.1, 0.15) is 0 Å². The van der Waals surface area contributed by atoms with Crippen LogP contribution in [0, 0.1) is 0 Å². The average Bonchev–Trinajstić information content (AvgIpc) is 2.83.